The number of carbonyl (C=O) groups excluding carboxylic acids is 1. The van der Waals surface area contributed by atoms with Crippen LogP contribution in [0.2, 0.25) is 0 Å². The van der Waals surface area contributed by atoms with Gasteiger partial charge in [-0.3, -0.25) is 4.79 Å². The highest BCUT2D eigenvalue weighted by Gasteiger charge is 2.32. The van der Waals surface area contributed by atoms with Crippen LogP contribution in [-0.4, -0.2) is 30.5 Å². The fourth-order valence-electron chi connectivity index (χ4n) is 2.99. The lowest BCUT2D eigenvalue weighted by molar-refractivity contribution is 0.101. The second kappa shape index (κ2) is 5.33. The minimum absolute atomic E-state index is 0.0470. The zero-order valence-electron chi connectivity index (χ0n) is 12.4. The number of Topliss-reactive ketones (excluding diaryl/α,β-unsaturated/α-hetero) is 1. The van der Waals surface area contributed by atoms with Crippen LogP contribution >= 0.6 is 0 Å². The molecule has 0 aliphatic carbocycles. The molecule has 0 aromatic heterocycles. The van der Waals surface area contributed by atoms with Gasteiger partial charge in [-0.2, -0.15) is 0 Å². The lowest BCUT2D eigenvalue weighted by atomic mass is 9.98. The molecule has 0 spiro atoms. The second-order valence-corrected chi connectivity index (χ2v) is 6.10. The topological polar surface area (TPSA) is 32.3 Å². The molecule has 1 atom stereocenters. The Morgan fingerprint density at radius 1 is 1.42 bits per heavy atom. The molecular weight excluding hydrogens is 236 g/mol. The van der Waals surface area contributed by atoms with Gasteiger partial charge in [0, 0.05) is 29.4 Å². The third kappa shape index (κ3) is 2.98. The number of nitrogens with one attached hydrogen (secondary N) is 1. The van der Waals surface area contributed by atoms with Gasteiger partial charge in [0.1, 0.15) is 0 Å². The summed E-state index contributed by atoms with van der Waals surface area (Å²) < 4.78 is 0. The number of hydrogen-bond acceptors (Lipinski definition) is 3. The number of carbonyl (C=O) groups is 1. The Morgan fingerprint density at radius 3 is 2.84 bits per heavy atom. The summed E-state index contributed by atoms with van der Waals surface area (Å²) >= 11 is 0. The molecule has 1 N–H and O–H groups in total. The summed E-state index contributed by atoms with van der Waals surface area (Å²) in [6, 6.07) is 8.46. The van der Waals surface area contributed by atoms with Crippen LogP contribution in [0, 0.1) is 0 Å². The monoisotopic (exact) mass is 260 g/mol. The predicted molar refractivity (Wildman–Crippen MR) is 80.0 cm³/mol. The molecule has 1 heterocycles. The average molecular weight is 260 g/mol. The predicted octanol–water partition coefficient (Wildman–Crippen LogP) is 2.86. The summed E-state index contributed by atoms with van der Waals surface area (Å²) in [6.07, 6.45) is 1.12. The molecule has 0 bridgehead atoms. The summed E-state index contributed by atoms with van der Waals surface area (Å²) in [7, 11) is 0. The first-order chi connectivity index (χ1) is 8.92. The first kappa shape index (κ1) is 14.1. The van der Waals surface area contributed by atoms with Crippen LogP contribution in [0.1, 0.15) is 44.5 Å². The van der Waals surface area contributed by atoms with E-state index in [-0.39, 0.29) is 11.3 Å². The van der Waals surface area contributed by atoms with Crippen molar-refractivity contribution in [3.8, 4) is 0 Å². The molecule has 3 heteroatoms. The van der Waals surface area contributed by atoms with E-state index in [2.05, 4.69) is 37.1 Å². The van der Waals surface area contributed by atoms with Gasteiger partial charge in [0.2, 0.25) is 0 Å². The molecule has 19 heavy (non-hydrogen) atoms. The maximum atomic E-state index is 11.6. The quantitative estimate of drug-likeness (QED) is 0.830. The number of hydrogen-bond donors (Lipinski definition) is 1. The van der Waals surface area contributed by atoms with Crippen LogP contribution in [0.5, 0.6) is 0 Å². The molecule has 104 valence electrons. The molecular formula is C16H24N2O. The number of anilines is 1. The van der Waals surface area contributed by atoms with Crippen molar-refractivity contribution in [3.63, 3.8) is 0 Å². The molecule has 2 rings (SSSR count). The van der Waals surface area contributed by atoms with Crippen LogP contribution < -0.4 is 10.2 Å². The largest absolute Gasteiger partial charge is 0.362 e. The van der Waals surface area contributed by atoms with E-state index in [1.165, 1.54) is 0 Å². The number of benzene rings is 1. The standard InChI is InChI=1S/C16H24N2O/c1-12-8-9-17-11-16(3,4)18(12)15-7-5-6-14(10-15)13(2)19/h5-7,10,12,17H,8-9,11H2,1-4H3. The SMILES string of the molecule is CC(=O)c1cccc(N2C(C)CCNCC2(C)C)c1. The van der Waals surface area contributed by atoms with Crippen molar-refractivity contribution >= 4 is 11.5 Å². The molecule has 1 saturated heterocycles. The van der Waals surface area contributed by atoms with E-state index < -0.39 is 0 Å². The van der Waals surface area contributed by atoms with Crippen LogP contribution in [0.15, 0.2) is 24.3 Å². The Labute approximate surface area is 116 Å². The van der Waals surface area contributed by atoms with Crippen molar-refractivity contribution in [3.05, 3.63) is 29.8 Å². The Balaban J connectivity index is 2.41. The van der Waals surface area contributed by atoms with Gasteiger partial charge < -0.3 is 10.2 Å². The summed E-state index contributed by atoms with van der Waals surface area (Å²) in [5.74, 6) is 0.125. The third-order valence-electron chi connectivity index (χ3n) is 3.92. The second-order valence-electron chi connectivity index (χ2n) is 6.10. The van der Waals surface area contributed by atoms with Gasteiger partial charge in [0.05, 0.1) is 0 Å². The normalized spacial score (nSPS) is 22.9. The van der Waals surface area contributed by atoms with Crippen LogP contribution in [0.4, 0.5) is 5.69 Å². The maximum absolute atomic E-state index is 11.6. The Morgan fingerprint density at radius 2 is 2.16 bits per heavy atom. The molecule has 0 amide bonds. The number of ketones is 1. The molecule has 1 aliphatic heterocycles. The molecule has 1 aromatic carbocycles. The molecule has 1 aromatic rings. The minimum atomic E-state index is 0.0470. The zero-order chi connectivity index (χ0) is 14.0. The lowest BCUT2D eigenvalue weighted by Gasteiger charge is -2.43. The smallest absolute Gasteiger partial charge is 0.159 e. The first-order valence-electron chi connectivity index (χ1n) is 7.03. The third-order valence-corrected chi connectivity index (χ3v) is 3.92. The van der Waals surface area contributed by atoms with Gasteiger partial charge in [-0.05, 0) is 52.8 Å². The van der Waals surface area contributed by atoms with Crippen molar-refractivity contribution in [1.29, 1.82) is 0 Å². The highest BCUT2D eigenvalue weighted by Crippen LogP contribution is 2.29. The van der Waals surface area contributed by atoms with Crippen LogP contribution in [0.3, 0.4) is 0 Å². The van der Waals surface area contributed by atoms with Gasteiger partial charge in [-0.1, -0.05) is 12.1 Å². The number of rotatable bonds is 2. The molecule has 0 radical (unpaired) electrons. The van der Waals surface area contributed by atoms with E-state index >= 15 is 0 Å². The van der Waals surface area contributed by atoms with E-state index in [1.54, 1.807) is 6.92 Å². The Kier molecular flexibility index (Phi) is 3.95. The van der Waals surface area contributed by atoms with Crippen molar-refractivity contribution in [1.82, 2.24) is 5.32 Å². The van der Waals surface area contributed by atoms with E-state index in [1.807, 2.05) is 18.2 Å². The zero-order valence-corrected chi connectivity index (χ0v) is 12.4. The number of nitrogens with zero attached hydrogens (tertiary/aromatic N) is 1. The van der Waals surface area contributed by atoms with Crippen molar-refractivity contribution < 1.29 is 4.79 Å². The van der Waals surface area contributed by atoms with E-state index in [0.717, 1.165) is 30.8 Å². The fourth-order valence-corrected chi connectivity index (χ4v) is 2.99. The van der Waals surface area contributed by atoms with Crippen LogP contribution in [0.25, 0.3) is 0 Å². The lowest BCUT2D eigenvalue weighted by Crippen LogP contribution is -2.52. The van der Waals surface area contributed by atoms with E-state index in [9.17, 15) is 4.79 Å². The first-order valence-corrected chi connectivity index (χ1v) is 7.03. The van der Waals surface area contributed by atoms with Crippen molar-refractivity contribution in [2.45, 2.75) is 45.7 Å². The van der Waals surface area contributed by atoms with Gasteiger partial charge in [0.25, 0.3) is 0 Å². The molecule has 3 nitrogen and oxygen atoms in total. The summed E-state index contributed by atoms with van der Waals surface area (Å²) in [4.78, 5) is 14.0. The molecule has 1 unspecified atom stereocenters. The molecule has 0 saturated carbocycles. The van der Waals surface area contributed by atoms with Gasteiger partial charge >= 0.3 is 0 Å². The summed E-state index contributed by atoms with van der Waals surface area (Å²) in [5.41, 5.74) is 1.98. The average Bonchev–Trinajstić information content (AvgIpc) is 2.47. The fraction of sp³-hybridized carbons (Fsp3) is 0.562. The minimum Gasteiger partial charge on any atom is -0.362 e. The van der Waals surface area contributed by atoms with Crippen molar-refractivity contribution in [2.75, 3.05) is 18.0 Å². The van der Waals surface area contributed by atoms with Gasteiger partial charge in [0.15, 0.2) is 5.78 Å². The van der Waals surface area contributed by atoms with E-state index in [4.69, 9.17) is 0 Å². The van der Waals surface area contributed by atoms with Gasteiger partial charge in [-0.25, -0.2) is 0 Å². The highest BCUT2D eigenvalue weighted by atomic mass is 16.1. The Hall–Kier alpha value is -1.35. The summed E-state index contributed by atoms with van der Waals surface area (Å²) in [5, 5.41) is 3.50. The van der Waals surface area contributed by atoms with Crippen molar-refractivity contribution in [2.24, 2.45) is 0 Å². The highest BCUT2D eigenvalue weighted by molar-refractivity contribution is 5.95. The Bertz CT molecular complexity index is 468. The van der Waals surface area contributed by atoms with Crippen LogP contribution in [-0.2, 0) is 0 Å². The molecule has 1 aliphatic rings. The summed E-state index contributed by atoms with van der Waals surface area (Å²) in [6.45, 7) is 10.4. The molecule has 1 fully saturated rings. The van der Waals surface area contributed by atoms with E-state index in [0.29, 0.717) is 6.04 Å². The van der Waals surface area contributed by atoms with Gasteiger partial charge in [-0.15, -0.1) is 0 Å². The maximum Gasteiger partial charge on any atom is 0.159 e.